The van der Waals surface area contributed by atoms with Gasteiger partial charge in [-0.1, -0.05) is 48.4 Å². The summed E-state index contributed by atoms with van der Waals surface area (Å²) in [6, 6.07) is 19.7. The highest BCUT2D eigenvalue weighted by molar-refractivity contribution is 7.79. The van der Waals surface area contributed by atoms with Crippen molar-refractivity contribution >= 4 is 11.1 Å². The Bertz CT molecular complexity index is 1130. The number of hydrogen-bond donors (Lipinski definition) is 1. The zero-order valence-corrected chi connectivity index (χ0v) is 18.0. The van der Waals surface area contributed by atoms with Gasteiger partial charge in [0.1, 0.15) is 12.4 Å². The van der Waals surface area contributed by atoms with Gasteiger partial charge in [0.05, 0.1) is 17.2 Å². The van der Waals surface area contributed by atoms with Gasteiger partial charge in [0, 0.05) is 0 Å². The van der Waals surface area contributed by atoms with Crippen molar-refractivity contribution in [1.82, 2.24) is 0 Å². The lowest BCUT2D eigenvalue weighted by Crippen LogP contribution is -2.07. The Morgan fingerprint density at radius 2 is 1.69 bits per heavy atom. The Hall–Kier alpha value is -3.08. The zero-order valence-electron chi connectivity index (χ0n) is 17.2. The second kappa shape index (κ2) is 10.5. The van der Waals surface area contributed by atoms with E-state index in [4.69, 9.17) is 9.29 Å². The van der Waals surface area contributed by atoms with Gasteiger partial charge in [-0.05, 0) is 59.5 Å². The van der Waals surface area contributed by atoms with Gasteiger partial charge in [0.2, 0.25) is 0 Å². The van der Waals surface area contributed by atoms with Crippen LogP contribution in [0.1, 0.15) is 29.5 Å². The molecule has 3 nitrogen and oxygen atoms in total. The summed E-state index contributed by atoms with van der Waals surface area (Å²) in [5.74, 6) is 6.05. The van der Waals surface area contributed by atoms with E-state index >= 15 is 0 Å². The van der Waals surface area contributed by atoms with Gasteiger partial charge in [-0.3, -0.25) is 0 Å². The van der Waals surface area contributed by atoms with Crippen LogP contribution in [0.4, 0.5) is 13.2 Å². The van der Waals surface area contributed by atoms with Crippen LogP contribution >= 0.6 is 0 Å². The van der Waals surface area contributed by atoms with Crippen molar-refractivity contribution < 1.29 is 26.7 Å². The molecule has 0 aliphatic heterocycles. The average Bonchev–Trinajstić information content (AvgIpc) is 2.77. The average molecular weight is 459 g/mol. The molecule has 0 heterocycles. The van der Waals surface area contributed by atoms with Gasteiger partial charge in [0.25, 0.3) is 0 Å². The number of ether oxygens (including phenoxy) is 1. The molecule has 3 aromatic carbocycles. The molecule has 1 N–H and O–H groups in total. The Morgan fingerprint density at radius 3 is 2.28 bits per heavy atom. The highest BCUT2D eigenvalue weighted by Crippen LogP contribution is 2.31. The monoisotopic (exact) mass is 458 g/mol. The van der Waals surface area contributed by atoms with Crippen LogP contribution in [0.15, 0.2) is 72.8 Å². The quantitative estimate of drug-likeness (QED) is 0.335. The molecule has 2 unspecified atom stereocenters. The minimum absolute atomic E-state index is 0.0395. The Morgan fingerprint density at radius 1 is 1.00 bits per heavy atom. The first kappa shape index (κ1) is 23.6. The molecule has 3 rings (SSSR count). The molecule has 0 spiro atoms. The van der Waals surface area contributed by atoms with Crippen LogP contribution in [-0.2, 0) is 23.9 Å². The fourth-order valence-electron chi connectivity index (χ4n) is 3.19. The van der Waals surface area contributed by atoms with Gasteiger partial charge in [-0.25, -0.2) is 4.21 Å². The fraction of sp³-hybridized carbons (Fsp3) is 0.200. The zero-order chi connectivity index (χ0) is 23.1. The molecular weight excluding hydrogens is 437 g/mol. The molecule has 166 valence electrons. The minimum Gasteiger partial charge on any atom is -0.489 e. The largest absolute Gasteiger partial charge is 0.489 e. The lowest BCUT2D eigenvalue weighted by molar-refractivity contribution is -0.137. The Balaban J connectivity index is 1.67. The first-order chi connectivity index (χ1) is 15.3. The standard InChI is InChI=1S/C25H21F3O3S/c1-2-4-22(17-32(29)30)20-9-13-24(14-10-20)31-16-18-5-3-6-21(15-18)19-7-11-23(12-8-19)25(26,27)28/h3,5-15,22H,16-17H2,1H3,(H,29,30). The molecule has 3 aromatic rings. The lowest BCUT2D eigenvalue weighted by atomic mass is 10.0. The van der Waals surface area contributed by atoms with Crippen LogP contribution in [0.25, 0.3) is 11.1 Å². The van der Waals surface area contributed by atoms with Crippen LogP contribution in [0.2, 0.25) is 0 Å². The number of rotatable bonds is 7. The van der Waals surface area contributed by atoms with Crippen LogP contribution in [0.5, 0.6) is 5.75 Å². The third kappa shape index (κ3) is 6.46. The summed E-state index contributed by atoms with van der Waals surface area (Å²) < 4.78 is 64.4. The maximum absolute atomic E-state index is 12.8. The molecule has 0 radical (unpaired) electrons. The molecule has 0 aliphatic carbocycles. The molecule has 0 saturated heterocycles. The maximum atomic E-state index is 12.8. The summed E-state index contributed by atoms with van der Waals surface area (Å²) in [4.78, 5) is 0. The summed E-state index contributed by atoms with van der Waals surface area (Å²) in [5, 5.41) is 0. The number of alkyl halides is 3. The first-order valence-corrected chi connectivity index (χ1v) is 11.0. The number of benzene rings is 3. The summed E-state index contributed by atoms with van der Waals surface area (Å²) >= 11 is -1.94. The van der Waals surface area contributed by atoms with Gasteiger partial charge < -0.3 is 9.29 Å². The summed E-state index contributed by atoms with van der Waals surface area (Å²) in [6.07, 6.45) is -4.36. The molecule has 0 saturated carbocycles. The summed E-state index contributed by atoms with van der Waals surface area (Å²) in [5.41, 5.74) is 2.51. The topological polar surface area (TPSA) is 46.5 Å². The molecular formula is C25H21F3O3S. The third-order valence-corrected chi connectivity index (χ3v) is 5.41. The van der Waals surface area contributed by atoms with E-state index in [1.807, 2.05) is 36.4 Å². The summed E-state index contributed by atoms with van der Waals surface area (Å²) in [6.45, 7) is 1.97. The van der Waals surface area contributed by atoms with Crippen LogP contribution in [-0.4, -0.2) is 14.5 Å². The normalized spacial score (nSPS) is 13.0. The fourth-order valence-corrected chi connectivity index (χ4v) is 3.75. The molecule has 32 heavy (non-hydrogen) atoms. The highest BCUT2D eigenvalue weighted by Gasteiger charge is 2.29. The number of halogens is 3. The van der Waals surface area contributed by atoms with Gasteiger partial charge in [0.15, 0.2) is 11.1 Å². The van der Waals surface area contributed by atoms with E-state index in [2.05, 4.69) is 11.8 Å². The highest BCUT2D eigenvalue weighted by atomic mass is 32.2. The molecule has 7 heteroatoms. The number of hydrogen-bond acceptors (Lipinski definition) is 2. The van der Waals surface area contributed by atoms with E-state index < -0.39 is 22.8 Å². The molecule has 0 fully saturated rings. The minimum atomic E-state index is -4.36. The van der Waals surface area contributed by atoms with Crippen LogP contribution < -0.4 is 4.74 Å². The van der Waals surface area contributed by atoms with E-state index in [-0.39, 0.29) is 18.3 Å². The first-order valence-electron chi connectivity index (χ1n) is 9.75. The molecule has 0 aliphatic rings. The van der Waals surface area contributed by atoms with Crippen molar-refractivity contribution in [3.63, 3.8) is 0 Å². The molecule has 2 atom stereocenters. The lowest BCUT2D eigenvalue weighted by Gasteiger charge is -2.12. The second-order valence-corrected chi connectivity index (χ2v) is 8.04. The molecule has 0 aromatic heterocycles. The molecule has 0 bridgehead atoms. The van der Waals surface area contributed by atoms with E-state index in [1.54, 1.807) is 19.1 Å². The van der Waals surface area contributed by atoms with E-state index in [0.717, 1.165) is 28.8 Å². The van der Waals surface area contributed by atoms with E-state index in [1.165, 1.54) is 12.1 Å². The predicted molar refractivity (Wildman–Crippen MR) is 119 cm³/mol. The van der Waals surface area contributed by atoms with Crippen molar-refractivity contribution in [2.45, 2.75) is 25.6 Å². The van der Waals surface area contributed by atoms with E-state index in [9.17, 15) is 17.4 Å². The van der Waals surface area contributed by atoms with Crippen LogP contribution in [0.3, 0.4) is 0 Å². The van der Waals surface area contributed by atoms with Gasteiger partial charge >= 0.3 is 6.18 Å². The van der Waals surface area contributed by atoms with Crippen molar-refractivity contribution in [1.29, 1.82) is 0 Å². The van der Waals surface area contributed by atoms with Gasteiger partial charge in [-0.15, -0.1) is 5.92 Å². The Labute approximate surface area is 187 Å². The van der Waals surface area contributed by atoms with Gasteiger partial charge in [-0.2, -0.15) is 13.2 Å². The smallest absolute Gasteiger partial charge is 0.416 e. The summed E-state index contributed by atoms with van der Waals surface area (Å²) in [7, 11) is 0. The van der Waals surface area contributed by atoms with Crippen molar-refractivity contribution in [2.75, 3.05) is 5.75 Å². The predicted octanol–water partition coefficient (Wildman–Crippen LogP) is 6.28. The van der Waals surface area contributed by atoms with Crippen molar-refractivity contribution in [3.8, 4) is 28.7 Å². The second-order valence-electron chi connectivity index (χ2n) is 7.07. The Kier molecular flexibility index (Phi) is 7.73. The molecule has 0 amide bonds. The van der Waals surface area contributed by atoms with Crippen LogP contribution in [0, 0.1) is 11.8 Å². The van der Waals surface area contributed by atoms with E-state index in [0.29, 0.717) is 11.3 Å². The SMILES string of the molecule is CC#CC(CS(=O)O)c1ccc(OCc2cccc(-c3ccc(C(F)(F)F)cc3)c2)cc1. The van der Waals surface area contributed by atoms with Crippen molar-refractivity contribution in [3.05, 3.63) is 89.5 Å². The third-order valence-electron chi connectivity index (χ3n) is 4.79. The van der Waals surface area contributed by atoms with Crippen molar-refractivity contribution in [2.24, 2.45) is 0 Å². The maximum Gasteiger partial charge on any atom is 0.416 e.